The molecule has 1 aliphatic rings. The standard InChI is InChI=1S/C14H16F3NO2S2/c1-10(21-2)12-8-9-18(22(19,20)14(15,16)17)13(12)11-6-4-3-5-7-11/h3-7,12-13H,1,8-9H2,2H3/t12-,13+/m0/s1. The average Bonchev–Trinajstić information content (AvgIpc) is 2.91. The number of hydrogen-bond donors (Lipinski definition) is 0. The van der Waals surface area contributed by atoms with E-state index in [2.05, 4.69) is 6.58 Å². The van der Waals surface area contributed by atoms with Crippen LogP contribution in [0, 0.1) is 5.92 Å². The summed E-state index contributed by atoms with van der Waals surface area (Å²) in [6.45, 7) is 3.71. The summed E-state index contributed by atoms with van der Waals surface area (Å²) in [7, 11) is -5.37. The molecule has 0 N–H and O–H groups in total. The van der Waals surface area contributed by atoms with Gasteiger partial charge in [0.2, 0.25) is 0 Å². The van der Waals surface area contributed by atoms with Gasteiger partial charge in [-0.2, -0.15) is 17.5 Å². The number of nitrogens with zero attached hydrogens (tertiary/aromatic N) is 1. The second-order valence-electron chi connectivity index (χ2n) is 4.98. The van der Waals surface area contributed by atoms with Crippen LogP contribution in [0.25, 0.3) is 0 Å². The van der Waals surface area contributed by atoms with Crippen LogP contribution in [0.1, 0.15) is 18.0 Å². The molecular formula is C14H16F3NO2S2. The van der Waals surface area contributed by atoms with E-state index in [9.17, 15) is 21.6 Å². The second-order valence-corrected chi connectivity index (χ2v) is 7.80. The number of sulfonamides is 1. The molecule has 0 aromatic heterocycles. The van der Waals surface area contributed by atoms with Gasteiger partial charge in [-0.1, -0.05) is 36.9 Å². The third-order valence-electron chi connectivity index (χ3n) is 3.77. The molecule has 1 saturated heterocycles. The highest BCUT2D eigenvalue weighted by molar-refractivity contribution is 8.02. The summed E-state index contributed by atoms with van der Waals surface area (Å²) in [5.74, 6) is -0.338. The van der Waals surface area contributed by atoms with E-state index in [1.807, 2.05) is 0 Å². The lowest BCUT2D eigenvalue weighted by Gasteiger charge is -2.29. The summed E-state index contributed by atoms with van der Waals surface area (Å²) in [6, 6.07) is 7.54. The van der Waals surface area contributed by atoms with Crippen molar-refractivity contribution in [3.8, 4) is 0 Å². The average molecular weight is 351 g/mol. The first-order chi connectivity index (χ1) is 10.2. The first-order valence-electron chi connectivity index (χ1n) is 6.56. The second kappa shape index (κ2) is 6.25. The van der Waals surface area contributed by atoms with Crippen molar-refractivity contribution in [2.75, 3.05) is 12.8 Å². The molecule has 0 aliphatic carbocycles. The number of halogens is 3. The highest BCUT2D eigenvalue weighted by Gasteiger charge is 2.55. The third-order valence-corrected chi connectivity index (χ3v) is 6.21. The molecule has 1 aromatic carbocycles. The van der Waals surface area contributed by atoms with Crippen LogP contribution < -0.4 is 0 Å². The molecular weight excluding hydrogens is 335 g/mol. The van der Waals surface area contributed by atoms with Gasteiger partial charge in [-0.05, 0) is 23.1 Å². The summed E-state index contributed by atoms with van der Waals surface area (Å²) in [6.07, 6.45) is 2.11. The zero-order valence-corrected chi connectivity index (χ0v) is 13.5. The molecule has 1 aliphatic heterocycles. The molecule has 0 unspecified atom stereocenters. The van der Waals surface area contributed by atoms with Gasteiger partial charge in [-0.25, -0.2) is 8.42 Å². The van der Waals surface area contributed by atoms with Crippen molar-refractivity contribution in [1.29, 1.82) is 0 Å². The molecule has 3 nitrogen and oxygen atoms in total. The van der Waals surface area contributed by atoms with Crippen LogP contribution in [0.15, 0.2) is 41.8 Å². The van der Waals surface area contributed by atoms with E-state index in [0.29, 0.717) is 21.2 Å². The van der Waals surface area contributed by atoms with Crippen molar-refractivity contribution < 1.29 is 21.6 Å². The minimum absolute atomic E-state index is 0.161. The van der Waals surface area contributed by atoms with Gasteiger partial charge in [0, 0.05) is 12.5 Å². The molecule has 1 fully saturated rings. The summed E-state index contributed by atoms with van der Waals surface area (Å²) < 4.78 is 63.1. The molecule has 22 heavy (non-hydrogen) atoms. The van der Waals surface area contributed by atoms with Crippen molar-refractivity contribution in [3.63, 3.8) is 0 Å². The Balaban J connectivity index is 2.49. The fraction of sp³-hybridized carbons (Fsp3) is 0.429. The molecule has 122 valence electrons. The van der Waals surface area contributed by atoms with E-state index in [4.69, 9.17) is 0 Å². The Morgan fingerprint density at radius 2 is 1.91 bits per heavy atom. The molecule has 0 spiro atoms. The monoisotopic (exact) mass is 351 g/mol. The van der Waals surface area contributed by atoms with Crippen LogP contribution in [-0.2, 0) is 10.0 Å². The van der Waals surface area contributed by atoms with Crippen molar-refractivity contribution in [1.82, 2.24) is 4.31 Å². The van der Waals surface area contributed by atoms with Crippen LogP contribution in [0.3, 0.4) is 0 Å². The van der Waals surface area contributed by atoms with E-state index in [1.165, 1.54) is 11.8 Å². The Labute approximate surface area is 132 Å². The van der Waals surface area contributed by atoms with Gasteiger partial charge in [-0.3, -0.25) is 0 Å². The van der Waals surface area contributed by atoms with E-state index in [1.54, 1.807) is 36.6 Å². The lowest BCUT2D eigenvalue weighted by molar-refractivity contribution is -0.0494. The Morgan fingerprint density at radius 3 is 2.41 bits per heavy atom. The number of thioether (sulfide) groups is 1. The maximum absolute atomic E-state index is 12.9. The molecule has 2 atom stereocenters. The predicted molar refractivity (Wildman–Crippen MR) is 81.6 cm³/mol. The molecule has 0 bridgehead atoms. The van der Waals surface area contributed by atoms with Gasteiger partial charge >= 0.3 is 15.5 Å². The minimum Gasteiger partial charge on any atom is -0.203 e. The summed E-state index contributed by atoms with van der Waals surface area (Å²) >= 11 is 1.34. The smallest absolute Gasteiger partial charge is 0.203 e. The molecule has 1 aromatic rings. The zero-order chi connectivity index (χ0) is 16.5. The number of benzene rings is 1. The first kappa shape index (κ1) is 17.4. The Hall–Kier alpha value is -0.990. The highest BCUT2D eigenvalue weighted by Crippen LogP contribution is 2.47. The van der Waals surface area contributed by atoms with Gasteiger partial charge in [0.25, 0.3) is 0 Å². The number of alkyl halides is 3. The predicted octanol–water partition coefficient (Wildman–Crippen LogP) is 3.78. The van der Waals surface area contributed by atoms with Crippen molar-refractivity contribution in [2.45, 2.75) is 18.0 Å². The molecule has 1 heterocycles. The summed E-state index contributed by atoms with van der Waals surface area (Å²) in [5.41, 5.74) is -4.75. The van der Waals surface area contributed by atoms with Gasteiger partial charge in [0.15, 0.2) is 0 Å². The quantitative estimate of drug-likeness (QED) is 0.829. The Morgan fingerprint density at radius 1 is 1.32 bits per heavy atom. The Kier molecular flexibility index (Phi) is 4.93. The maximum atomic E-state index is 12.9. The fourth-order valence-corrected chi connectivity index (χ4v) is 4.43. The van der Waals surface area contributed by atoms with Crippen molar-refractivity contribution >= 4 is 21.8 Å². The van der Waals surface area contributed by atoms with Crippen LogP contribution in [0.4, 0.5) is 13.2 Å². The molecule has 0 radical (unpaired) electrons. The van der Waals surface area contributed by atoms with Crippen LogP contribution >= 0.6 is 11.8 Å². The summed E-state index contributed by atoms with van der Waals surface area (Å²) in [4.78, 5) is 0.689. The normalized spacial score (nSPS) is 23.6. The third kappa shape index (κ3) is 3.04. The fourth-order valence-electron chi connectivity index (χ4n) is 2.70. The highest BCUT2D eigenvalue weighted by atomic mass is 32.2. The van der Waals surface area contributed by atoms with Crippen LogP contribution in [0.2, 0.25) is 0 Å². The lowest BCUT2D eigenvalue weighted by Crippen LogP contribution is -2.41. The molecule has 8 heteroatoms. The zero-order valence-electron chi connectivity index (χ0n) is 11.9. The van der Waals surface area contributed by atoms with Gasteiger partial charge in [0.1, 0.15) is 0 Å². The van der Waals surface area contributed by atoms with Crippen LogP contribution in [-0.4, -0.2) is 31.0 Å². The van der Waals surface area contributed by atoms with Crippen LogP contribution in [0.5, 0.6) is 0 Å². The number of rotatable bonds is 4. The van der Waals surface area contributed by atoms with Gasteiger partial charge in [-0.15, -0.1) is 11.8 Å². The van der Waals surface area contributed by atoms with E-state index in [0.717, 1.165) is 0 Å². The maximum Gasteiger partial charge on any atom is 0.511 e. The van der Waals surface area contributed by atoms with Gasteiger partial charge < -0.3 is 0 Å². The van der Waals surface area contributed by atoms with Crippen molar-refractivity contribution in [3.05, 3.63) is 47.4 Å². The van der Waals surface area contributed by atoms with Crippen molar-refractivity contribution in [2.24, 2.45) is 5.92 Å². The number of hydrogen-bond acceptors (Lipinski definition) is 3. The minimum atomic E-state index is -5.37. The van der Waals surface area contributed by atoms with E-state index >= 15 is 0 Å². The lowest BCUT2D eigenvalue weighted by atomic mass is 9.94. The molecule has 0 saturated carbocycles. The van der Waals surface area contributed by atoms with Gasteiger partial charge in [0.05, 0.1) is 6.04 Å². The molecule has 2 rings (SSSR count). The largest absolute Gasteiger partial charge is 0.511 e. The first-order valence-corrected chi connectivity index (χ1v) is 9.22. The Bertz CT molecular complexity index is 644. The summed E-state index contributed by atoms with van der Waals surface area (Å²) in [5, 5.41) is 0. The topological polar surface area (TPSA) is 37.4 Å². The van der Waals surface area contributed by atoms with E-state index < -0.39 is 21.6 Å². The molecule has 0 amide bonds. The SMILES string of the molecule is C=C(SC)[C@@H]1CCN(S(=O)(=O)C(F)(F)F)[C@@H]1c1ccccc1. The van der Waals surface area contributed by atoms with E-state index in [-0.39, 0.29) is 12.5 Å².